The molecule has 34 heavy (non-hydrogen) atoms. The van der Waals surface area contributed by atoms with Gasteiger partial charge in [-0.2, -0.15) is 4.98 Å². The number of fused-ring (bicyclic) bond motifs is 1. The third-order valence-corrected chi connectivity index (χ3v) is 5.83. The van der Waals surface area contributed by atoms with Crippen LogP contribution in [0.1, 0.15) is 45.1 Å². The number of hydrogen-bond acceptors (Lipinski definition) is 7. The molecule has 11 nitrogen and oxygen atoms in total. The van der Waals surface area contributed by atoms with Crippen molar-refractivity contribution >= 4 is 29.1 Å². The van der Waals surface area contributed by atoms with Gasteiger partial charge in [-0.3, -0.25) is 14.0 Å². The first-order valence-corrected chi connectivity index (χ1v) is 10.5. The second-order valence-electron chi connectivity index (χ2n) is 8.17. The van der Waals surface area contributed by atoms with Gasteiger partial charge in [0, 0.05) is 36.1 Å². The third kappa shape index (κ3) is 3.76. The number of amides is 2. The average molecular weight is 460 g/mol. The molecular formula is C23H20N6O5. The van der Waals surface area contributed by atoms with Gasteiger partial charge in [-0.05, 0) is 37.6 Å². The van der Waals surface area contributed by atoms with Gasteiger partial charge in [0.2, 0.25) is 11.7 Å². The first-order valence-electron chi connectivity index (χ1n) is 10.5. The molecule has 11 heteroatoms. The van der Waals surface area contributed by atoms with Crippen LogP contribution in [0.5, 0.6) is 0 Å². The van der Waals surface area contributed by atoms with Crippen LogP contribution in [0.25, 0.3) is 17.0 Å². The number of carboxylic acid groups (broad SMARTS) is 1. The Morgan fingerprint density at radius 3 is 2.71 bits per heavy atom. The highest BCUT2D eigenvalue weighted by molar-refractivity contribution is 6.04. The summed E-state index contributed by atoms with van der Waals surface area (Å²) in [5, 5.41) is 15.9. The quantitative estimate of drug-likeness (QED) is 0.432. The predicted octanol–water partition coefficient (Wildman–Crippen LogP) is 3.22. The monoisotopic (exact) mass is 460 g/mol. The molecule has 0 bridgehead atoms. The summed E-state index contributed by atoms with van der Waals surface area (Å²) in [7, 11) is 0. The summed E-state index contributed by atoms with van der Waals surface area (Å²) in [6.45, 7) is 3.95. The van der Waals surface area contributed by atoms with Gasteiger partial charge in [-0.15, -0.1) is 0 Å². The molecule has 172 valence electrons. The van der Waals surface area contributed by atoms with Crippen molar-refractivity contribution in [3.63, 3.8) is 0 Å². The molecule has 2 N–H and O–H groups in total. The van der Waals surface area contributed by atoms with Crippen molar-refractivity contribution in [2.75, 3.05) is 18.4 Å². The van der Waals surface area contributed by atoms with Gasteiger partial charge >= 0.3 is 6.09 Å². The van der Waals surface area contributed by atoms with Crippen LogP contribution in [-0.4, -0.2) is 60.4 Å². The number of benzene rings is 1. The molecule has 5 rings (SSSR count). The SMILES string of the molecule is CC(=O)c1ccc2ncc(C(=O)Nc3cc(-c4noc(C5CN(C(=O)O)C5)n4)ccc3C)n2c1. The van der Waals surface area contributed by atoms with Crippen LogP contribution in [-0.2, 0) is 0 Å². The molecule has 1 aliphatic heterocycles. The molecule has 1 saturated heterocycles. The molecule has 4 aromatic rings. The van der Waals surface area contributed by atoms with Crippen LogP contribution in [0.4, 0.5) is 10.5 Å². The minimum absolute atomic E-state index is 0.109. The van der Waals surface area contributed by atoms with Crippen molar-refractivity contribution in [1.82, 2.24) is 24.4 Å². The maximum Gasteiger partial charge on any atom is 0.407 e. The summed E-state index contributed by atoms with van der Waals surface area (Å²) in [5.74, 6) is 0.107. The molecule has 1 aliphatic rings. The molecule has 2 amide bonds. The molecular weight excluding hydrogens is 440 g/mol. The third-order valence-electron chi connectivity index (χ3n) is 5.83. The van der Waals surface area contributed by atoms with Crippen LogP contribution in [0.2, 0.25) is 0 Å². The number of rotatable bonds is 5. The number of nitrogens with zero attached hydrogens (tertiary/aromatic N) is 5. The van der Waals surface area contributed by atoms with Gasteiger partial charge < -0.3 is 19.8 Å². The van der Waals surface area contributed by atoms with Gasteiger partial charge in [0.05, 0.1) is 12.1 Å². The minimum Gasteiger partial charge on any atom is -0.465 e. The van der Waals surface area contributed by atoms with Crippen LogP contribution >= 0.6 is 0 Å². The topological polar surface area (TPSA) is 143 Å². The molecule has 0 spiro atoms. The number of Topliss-reactive ketones (excluding diaryl/α,β-unsaturated/α-hetero) is 1. The lowest BCUT2D eigenvalue weighted by Gasteiger charge is -2.34. The molecule has 0 saturated carbocycles. The number of nitrogens with one attached hydrogen (secondary N) is 1. The predicted molar refractivity (Wildman–Crippen MR) is 120 cm³/mol. The van der Waals surface area contributed by atoms with E-state index in [1.807, 2.05) is 19.1 Å². The van der Waals surface area contributed by atoms with E-state index in [0.29, 0.717) is 47.3 Å². The largest absolute Gasteiger partial charge is 0.465 e. The van der Waals surface area contributed by atoms with Crippen LogP contribution in [0.3, 0.4) is 0 Å². The number of ketones is 1. The fourth-order valence-electron chi connectivity index (χ4n) is 3.75. The Labute approximate surface area is 193 Å². The number of aromatic nitrogens is 4. The first-order chi connectivity index (χ1) is 16.3. The summed E-state index contributed by atoms with van der Waals surface area (Å²) in [5.41, 5.74) is 3.35. The Kier molecular flexibility index (Phi) is 5.08. The van der Waals surface area contributed by atoms with E-state index >= 15 is 0 Å². The van der Waals surface area contributed by atoms with E-state index < -0.39 is 6.09 Å². The lowest BCUT2D eigenvalue weighted by atomic mass is 10.0. The fourth-order valence-corrected chi connectivity index (χ4v) is 3.75. The first kappa shape index (κ1) is 21.3. The number of anilines is 1. The van der Waals surface area contributed by atoms with E-state index in [0.717, 1.165) is 5.56 Å². The fraction of sp³-hybridized carbons (Fsp3) is 0.217. The Balaban J connectivity index is 1.37. The van der Waals surface area contributed by atoms with E-state index in [2.05, 4.69) is 20.4 Å². The van der Waals surface area contributed by atoms with Crippen molar-refractivity contribution in [3.05, 3.63) is 65.4 Å². The van der Waals surface area contributed by atoms with Crippen molar-refractivity contribution in [2.45, 2.75) is 19.8 Å². The summed E-state index contributed by atoms with van der Waals surface area (Å²) in [6, 6.07) is 8.75. The van der Waals surface area contributed by atoms with Crippen molar-refractivity contribution in [2.24, 2.45) is 0 Å². The van der Waals surface area contributed by atoms with Gasteiger partial charge in [-0.1, -0.05) is 17.3 Å². The lowest BCUT2D eigenvalue weighted by Crippen LogP contribution is -2.47. The van der Waals surface area contributed by atoms with Gasteiger partial charge in [0.15, 0.2) is 5.78 Å². The number of imidazole rings is 1. The molecule has 3 aromatic heterocycles. The van der Waals surface area contributed by atoms with Crippen LogP contribution in [0, 0.1) is 6.92 Å². The maximum absolute atomic E-state index is 13.0. The van der Waals surface area contributed by atoms with E-state index in [1.165, 1.54) is 18.0 Å². The van der Waals surface area contributed by atoms with E-state index in [-0.39, 0.29) is 23.3 Å². The summed E-state index contributed by atoms with van der Waals surface area (Å²) >= 11 is 0. The smallest absolute Gasteiger partial charge is 0.407 e. The van der Waals surface area contributed by atoms with Gasteiger partial charge in [0.1, 0.15) is 11.3 Å². The highest BCUT2D eigenvalue weighted by Gasteiger charge is 2.35. The van der Waals surface area contributed by atoms with E-state index in [9.17, 15) is 14.4 Å². The number of aryl methyl sites for hydroxylation is 1. The number of carbonyl (C=O) groups excluding carboxylic acids is 2. The molecule has 0 unspecified atom stereocenters. The van der Waals surface area contributed by atoms with E-state index in [1.54, 1.807) is 28.8 Å². The zero-order chi connectivity index (χ0) is 24.0. The highest BCUT2D eigenvalue weighted by Crippen LogP contribution is 2.29. The summed E-state index contributed by atoms with van der Waals surface area (Å²) in [6.07, 6.45) is 2.08. The molecule has 0 aliphatic carbocycles. The summed E-state index contributed by atoms with van der Waals surface area (Å²) in [4.78, 5) is 45.6. The minimum atomic E-state index is -0.974. The number of hydrogen-bond donors (Lipinski definition) is 2. The van der Waals surface area contributed by atoms with Gasteiger partial charge in [-0.25, -0.2) is 9.78 Å². The number of likely N-dealkylation sites (tertiary alicyclic amines) is 1. The maximum atomic E-state index is 13.0. The second-order valence-corrected chi connectivity index (χ2v) is 8.17. The Bertz CT molecular complexity index is 1450. The second kappa shape index (κ2) is 8.10. The standard InChI is InChI=1S/C23H20N6O5/c1-12-3-4-14(20-26-22(34-27-20)16-9-28(10-16)23(32)33)7-17(12)25-21(31)18-8-24-19-6-5-15(13(2)30)11-29(18)19/h3-8,11,16H,9-10H2,1-2H3,(H,25,31)(H,32,33). The average Bonchev–Trinajstić information content (AvgIpc) is 3.41. The Hall–Kier alpha value is -4.54. The van der Waals surface area contributed by atoms with Crippen molar-refractivity contribution in [1.29, 1.82) is 0 Å². The molecule has 0 atom stereocenters. The van der Waals surface area contributed by atoms with Crippen molar-refractivity contribution in [3.8, 4) is 11.4 Å². The number of carbonyl (C=O) groups is 3. The Morgan fingerprint density at radius 2 is 1.97 bits per heavy atom. The lowest BCUT2D eigenvalue weighted by molar-refractivity contribution is 0.0957. The zero-order valence-electron chi connectivity index (χ0n) is 18.3. The summed E-state index contributed by atoms with van der Waals surface area (Å²) < 4.78 is 6.91. The molecule has 1 fully saturated rings. The molecule has 0 radical (unpaired) electrons. The normalized spacial score (nSPS) is 13.6. The van der Waals surface area contributed by atoms with E-state index in [4.69, 9.17) is 9.63 Å². The van der Waals surface area contributed by atoms with Crippen LogP contribution < -0.4 is 5.32 Å². The van der Waals surface area contributed by atoms with Crippen molar-refractivity contribution < 1.29 is 24.0 Å². The molecule has 1 aromatic carbocycles. The number of pyridine rings is 1. The van der Waals surface area contributed by atoms with Gasteiger partial charge in [0.25, 0.3) is 5.91 Å². The zero-order valence-corrected chi connectivity index (χ0v) is 18.3. The van der Waals surface area contributed by atoms with Crippen LogP contribution in [0.15, 0.2) is 47.2 Å². The highest BCUT2D eigenvalue weighted by atomic mass is 16.5. The molecule has 4 heterocycles. The Morgan fingerprint density at radius 1 is 1.18 bits per heavy atom.